The molecule has 0 spiro atoms. The van der Waals surface area contributed by atoms with Crippen LogP contribution in [0.1, 0.15) is 24.2 Å². The number of amidine groups is 1. The number of piperidine rings is 1. The molecule has 1 atom stereocenters. The minimum absolute atomic E-state index is 0.00582. The Morgan fingerprint density at radius 1 is 1.37 bits per heavy atom. The molecule has 1 amide bonds. The van der Waals surface area contributed by atoms with Gasteiger partial charge in [-0.3, -0.25) is 5.41 Å². The molecule has 30 heavy (non-hydrogen) atoms. The van der Waals surface area contributed by atoms with E-state index in [2.05, 4.69) is 25.5 Å². The summed E-state index contributed by atoms with van der Waals surface area (Å²) in [7, 11) is 0. The van der Waals surface area contributed by atoms with E-state index in [9.17, 15) is 9.70 Å². The molecule has 0 bridgehead atoms. The van der Waals surface area contributed by atoms with Crippen molar-refractivity contribution in [2.45, 2.75) is 24.0 Å². The first-order chi connectivity index (χ1) is 14.4. The third-order valence-electron chi connectivity index (χ3n) is 4.38. The number of nitrogens with two attached hydrogens (primary N) is 1. The number of hydrogen-bond acceptors (Lipinski definition) is 9. The molecule has 1 aliphatic rings. The average Bonchev–Trinajstić information content (AvgIpc) is 3.28. The van der Waals surface area contributed by atoms with E-state index in [-0.39, 0.29) is 25.3 Å². The molecular formula is C16H15N11O3. The number of hydrogen-bond donors (Lipinski definition) is 3. The zero-order chi connectivity index (χ0) is 22.2. The first-order valence-corrected chi connectivity index (χ1v) is 8.37. The summed E-state index contributed by atoms with van der Waals surface area (Å²) in [5.41, 5.74) is -3.33. The predicted molar refractivity (Wildman–Crippen MR) is 99.5 cm³/mol. The molecule has 14 nitrogen and oxygen atoms in total. The van der Waals surface area contributed by atoms with Crippen LogP contribution < -0.4 is 5.84 Å². The Labute approximate surface area is 169 Å². The fourth-order valence-corrected chi connectivity index (χ4v) is 2.94. The summed E-state index contributed by atoms with van der Waals surface area (Å²) in [6.45, 7) is -0.0486. The standard InChI is InChI=1S/C16H15N11O3/c17-6-15(7-18,8-19)30-14(28)27-5-1-4-16(9-27,25-29)12-3-2-11(23-12)13(22-10-20)24-26-21/h2-3,10,23H,1,4-5,9H2,(H3,20,21,22,24). The number of carbonyl (C=O) groups excluding carboxylic acids is 1. The lowest BCUT2D eigenvalue weighted by Gasteiger charge is -2.37. The number of ether oxygens (including phenoxy) is 1. The van der Waals surface area contributed by atoms with Crippen molar-refractivity contribution in [3.8, 4) is 18.2 Å². The highest BCUT2D eigenvalue weighted by Crippen LogP contribution is 2.35. The average molecular weight is 409 g/mol. The van der Waals surface area contributed by atoms with E-state index in [1.54, 1.807) is 6.07 Å². The van der Waals surface area contributed by atoms with Crippen molar-refractivity contribution in [1.82, 2.24) is 9.88 Å². The van der Waals surface area contributed by atoms with Gasteiger partial charge in [0.25, 0.3) is 0 Å². The van der Waals surface area contributed by atoms with Crippen LogP contribution in [-0.2, 0) is 10.3 Å². The second kappa shape index (κ2) is 9.03. The number of nitrogens with zero attached hydrogens (tertiary/aromatic N) is 8. The van der Waals surface area contributed by atoms with Gasteiger partial charge >= 0.3 is 11.7 Å². The van der Waals surface area contributed by atoms with E-state index in [0.717, 1.165) is 11.2 Å². The number of rotatable bonds is 5. The summed E-state index contributed by atoms with van der Waals surface area (Å²) < 4.78 is 4.77. The van der Waals surface area contributed by atoms with Crippen molar-refractivity contribution < 1.29 is 9.53 Å². The van der Waals surface area contributed by atoms with Gasteiger partial charge in [0.2, 0.25) is 5.84 Å². The summed E-state index contributed by atoms with van der Waals surface area (Å²) in [4.78, 5) is 31.9. The van der Waals surface area contributed by atoms with Gasteiger partial charge in [-0.15, -0.1) is 10.0 Å². The van der Waals surface area contributed by atoms with Gasteiger partial charge in [0.05, 0.1) is 12.2 Å². The molecule has 0 aromatic carbocycles. The molecule has 1 unspecified atom stereocenters. The Morgan fingerprint density at radius 3 is 2.63 bits per heavy atom. The number of H-pyrrole nitrogens is 1. The lowest BCUT2D eigenvalue weighted by atomic mass is 9.87. The summed E-state index contributed by atoms with van der Waals surface area (Å²) in [6.07, 6.45) is 0.290. The Balaban J connectivity index is 2.32. The minimum atomic E-state index is -2.59. The van der Waals surface area contributed by atoms with Crippen molar-refractivity contribution in [3.05, 3.63) is 28.4 Å². The van der Waals surface area contributed by atoms with Gasteiger partial charge in [0.1, 0.15) is 24.5 Å². The van der Waals surface area contributed by atoms with Gasteiger partial charge < -0.3 is 20.5 Å². The number of nitriles is 3. The van der Waals surface area contributed by atoms with Gasteiger partial charge in [-0.1, -0.05) is 10.4 Å². The van der Waals surface area contributed by atoms with Crippen LogP contribution in [0.25, 0.3) is 0 Å². The highest BCUT2D eigenvalue weighted by atomic mass is 16.6. The van der Waals surface area contributed by atoms with Crippen LogP contribution in [0.3, 0.4) is 0 Å². The van der Waals surface area contributed by atoms with E-state index < -0.39 is 17.2 Å². The topological polar surface area (TPSA) is 233 Å². The molecule has 152 valence electrons. The second-order valence-electron chi connectivity index (χ2n) is 6.12. The minimum Gasteiger partial charge on any atom is -0.400 e. The monoisotopic (exact) mass is 409 g/mol. The molecule has 1 saturated heterocycles. The van der Waals surface area contributed by atoms with Crippen molar-refractivity contribution in [1.29, 1.82) is 21.2 Å². The van der Waals surface area contributed by atoms with Gasteiger partial charge in [0, 0.05) is 12.2 Å². The lowest BCUT2D eigenvalue weighted by molar-refractivity contribution is 0.0564. The molecule has 1 aromatic rings. The molecule has 0 aliphatic carbocycles. The fourth-order valence-electron chi connectivity index (χ4n) is 2.94. The van der Waals surface area contributed by atoms with E-state index in [1.165, 1.54) is 24.3 Å². The molecular weight excluding hydrogens is 394 g/mol. The second-order valence-corrected chi connectivity index (χ2v) is 6.12. The normalized spacial score (nSPS) is 19.4. The molecule has 4 N–H and O–H groups in total. The largest absolute Gasteiger partial charge is 0.413 e. The molecule has 1 aromatic heterocycles. The number of carbonyl (C=O) groups is 1. The first-order valence-electron chi connectivity index (χ1n) is 8.37. The molecule has 0 radical (unpaired) electrons. The number of nitroso groups, excluding NO2 is 1. The van der Waals surface area contributed by atoms with Gasteiger partial charge in [-0.05, 0) is 25.0 Å². The van der Waals surface area contributed by atoms with Crippen LogP contribution in [0.2, 0.25) is 0 Å². The summed E-state index contributed by atoms with van der Waals surface area (Å²) in [6, 6.07) is 7.11. The highest BCUT2D eigenvalue weighted by molar-refractivity contribution is 6.01. The summed E-state index contributed by atoms with van der Waals surface area (Å²) >= 11 is 0. The quantitative estimate of drug-likeness (QED) is 0.160. The Bertz CT molecular complexity index is 986. The van der Waals surface area contributed by atoms with E-state index in [1.807, 2.05) is 0 Å². The van der Waals surface area contributed by atoms with E-state index in [0.29, 0.717) is 17.8 Å². The molecule has 1 aliphatic heterocycles. The zero-order valence-electron chi connectivity index (χ0n) is 15.4. The number of nitrogens with one attached hydrogen (secondary N) is 2. The molecule has 14 heteroatoms. The maximum absolute atomic E-state index is 12.4. The number of likely N-dealkylation sites (tertiary alicyclic amines) is 1. The zero-order valence-corrected chi connectivity index (χ0v) is 15.4. The summed E-state index contributed by atoms with van der Waals surface area (Å²) in [5.74, 6) is 5.02. The fraction of sp³-hybridized carbons (Fsp3) is 0.375. The maximum Gasteiger partial charge on any atom is 0.413 e. The maximum atomic E-state index is 12.4. The Kier molecular flexibility index (Phi) is 6.52. The molecule has 2 rings (SSSR count). The SMILES string of the molecule is N#CC(C#N)(C#N)OC(=O)N1CCCC(N=O)(c2ccc(C(N=NN)=NC=N)[nH]2)C1. The number of amides is 1. The number of aromatic nitrogens is 1. The van der Waals surface area contributed by atoms with E-state index in [4.69, 9.17) is 31.8 Å². The van der Waals surface area contributed by atoms with Crippen LogP contribution in [0.15, 0.2) is 32.6 Å². The number of aliphatic imine (C=N–C) groups is 1. The van der Waals surface area contributed by atoms with Crippen LogP contribution in [-0.4, -0.2) is 46.8 Å². The third kappa shape index (κ3) is 4.10. The molecule has 1 fully saturated rings. The number of aromatic amines is 1. The van der Waals surface area contributed by atoms with Crippen LogP contribution in [0, 0.1) is 44.3 Å². The summed E-state index contributed by atoms with van der Waals surface area (Å²) in [5, 5.41) is 43.9. The van der Waals surface area contributed by atoms with Crippen molar-refractivity contribution in [2.24, 2.45) is 26.3 Å². The van der Waals surface area contributed by atoms with E-state index >= 15 is 0 Å². The Morgan fingerprint density at radius 2 is 2.07 bits per heavy atom. The Hall–Kier alpha value is -4.64. The molecule has 0 saturated carbocycles. The van der Waals surface area contributed by atoms with Crippen LogP contribution in [0.4, 0.5) is 4.79 Å². The van der Waals surface area contributed by atoms with Gasteiger partial charge in [-0.25, -0.2) is 9.79 Å². The highest BCUT2D eigenvalue weighted by Gasteiger charge is 2.44. The van der Waals surface area contributed by atoms with Gasteiger partial charge in [0.15, 0.2) is 5.54 Å². The van der Waals surface area contributed by atoms with Crippen molar-refractivity contribution in [2.75, 3.05) is 13.1 Å². The van der Waals surface area contributed by atoms with Crippen LogP contribution in [0.5, 0.6) is 0 Å². The van der Waals surface area contributed by atoms with Crippen molar-refractivity contribution >= 4 is 18.3 Å². The predicted octanol–water partition coefficient (Wildman–Crippen LogP) is 1.20. The molecule has 2 heterocycles. The van der Waals surface area contributed by atoms with Gasteiger partial charge in [-0.2, -0.15) is 15.8 Å². The smallest absolute Gasteiger partial charge is 0.400 e. The lowest BCUT2D eigenvalue weighted by Crippen LogP contribution is -2.49. The van der Waals surface area contributed by atoms with Crippen molar-refractivity contribution in [3.63, 3.8) is 0 Å². The first kappa shape index (κ1) is 21.7. The third-order valence-corrected chi connectivity index (χ3v) is 4.38. The van der Waals surface area contributed by atoms with Crippen LogP contribution >= 0.6 is 0 Å².